The Morgan fingerprint density at radius 3 is 2.50 bits per heavy atom. The number of hydrogen-bond donors (Lipinski definition) is 3. The van der Waals surface area contributed by atoms with Gasteiger partial charge in [0.1, 0.15) is 0 Å². The van der Waals surface area contributed by atoms with Gasteiger partial charge in [-0.1, -0.05) is 6.92 Å². The van der Waals surface area contributed by atoms with Crippen LogP contribution in [0.2, 0.25) is 0 Å². The molecule has 5 heteroatoms. The van der Waals surface area contributed by atoms with E-state index >= 15 is 0 Å². The van der Waals surface area contributed by atoms with Gasteiger partial charge in [0.2, 0.25) is 0 Å². The van der Waals surface area contributed by atoms with Crippen LogP contribution in [0.25, 0.3) is 0 Å². The Hall–Kier alpha value is -1.10. The Morgan fingerprint density at radius 2 is 2.00 bits per heavy atom. The largest absolute Gasteiger partial charge is 0.474 e. The molecule has 0 aromatic rings. The summed E-state index contributed by atoms with van der Waals surface area (Å²) in [5.74, 6) is -2.37. The fourth-order valence-electron chi connectivity index (χ4n) is 0.668. The fraction of sp³-hybridized carbons (Fsp3) is 0.714. The molecule has 1 amide bonds. The summed E-state index contributed by atoms with van der Waals surface area (Å²) in [5, 5.41) is 13.5. The third-order valence-corrected chi connectivity index (χ3v) is 1.26. The molecule has 12 heavy (non-hydrogen) atoms. The summed E-state index contributed by atoms with van der Waals surface area (Å²) in [6.07, 6.45) is 0.743. The van der Waals surface area contributed by atoms with E-state index in [9.17, 15) is 9.59 Å². The van der Waals surface area contributed by atoms with Crippen LogP contribution >= 0.6 is 0 Å². The molecule has 0 atom stereocenters. The van der Waals surface area contributed by atoms with Gasteiger partial charge in [-0.2, -0.15) is 0 Å². The molecule has 3 N–H and O–H groups in total. The van der Waals surface area contributed by atoms with Crippen molar-refractivity contribution in [3.63, 3.8) is 0 Å². The molecule has 5 nitrogen and oxygen atoms in total. The maximum atomic E-state index is 10.4. The van der Waals surface area contributed by atoms with Gasteiger partial charge >= 0.3 is 11.9 Å². The third-order valence-electron chi connectivity index (χ3n) is 1.26. The number of carboxylic acids is 1. The lowest BCUT2D eigenvalue weighted by atomic mass is 10.4. The minimum absolute atomic E-state index is 0.401. The number of rotatable bonds is 5. The van der Waals surface area contributed by atoms with Crippen molar-refractivity contribution in [3.8, 4) is 0 Å². The zero-order valence-electron chi connectivity index (χ0n) is 7.09. The summed E-state index contributed by atoms with van der Waals surface area (Å²) >= 11 is 0. The monoisotopic (exact) mass is 174 g/mol. The molecule has 70 valence electrons. The summed E-state index contributed by atoms with van der Waals surface area (Å²) in [7, 11) is 0. The molecule has 0 fully saturated rings. The molecule has 0 aliphatic carbocycles. The molecule has 0 aromatic carbocycles. The average Bonchev–Trinajstić information content (AvgIpc) is 2.03. The van der Waals surface area contributed by atoms with Gasteiger partial charge in [-0.05, 0) is 19.5 Å². The molecule has 0 rings (SSSR count). The number of hydrogen-bond acceptors (Lipinski definition) is 3. The number of nitrogens with one attached hydrogen (secondary N) is 2. The first kappa shape index (κ1) is 10.9. The molecule has 0 unspecified atom stereocenters. The van der Waals surface area contributed by atoms with Gasteiger partial charge in [-0.25, -0.2) is 4.79 Å². The van der Waals surface area contributed by atoms with Gasteiger partial charge in [0.05, 0.1) is 0 Å². The van der Waals surface area contributed by atoms with Crippen molar-refractivity contribution >= 4 is 11.9 Å². The number of amides is 1. The third kappa shape index (κ3) is 5.67. The quantitative estimate of drug-likeness (QED) is 0.376. The highest BCUT2D eigenvalue weighted by Crippen LogP contribution is 1.73. The molecule has 0 aliphatic heterocycles. The highest BCUT2D eigenvalue weighted by molar-refractivity contribution is 6.31. The molecule has 0 radical (unpaired) electrons. The Bertz CT molecular complexity index is 159. The van der Waals surface area contributed by atoms with Crippen molar-refractivity contribution in [1.82, 2.24) is 10.6 Å². The summed E-state index contributed by atoms with van der Waals surface area (Å²) in [6.45, 7) is 4.05. The van der Waals surface area contributed by atoms with E-state index in [0.717, 1.165) is 19.5 Å². The van der Waals surface area contributed by atoms with E-state index in [1.807, 2.05) is 6.92 Å². The SMILES string of the molecule is CCNCCCNC(=O)C(=O)O. The predicted molar refractivity (Wildman–Crippen MR) is 43.8 cm³/mol. The van der Waals surface area contributed by atoms with Gasteiger partial charge in [0.15, 0.2) is 0 Å². The van der Waals surface area contributed by atoms with E-state index in [0.29, 0.717) is 6.54 Å². The molecule has 0 aliphatic rings. The van der Waals surface area contributed by atoms with E-state index in [2.05, 4.69) is 10.6 Å². The van der Waals surface area contributed by atoms with E-state index in [-0.39, 0.29) is 0 Å². The molecule has 0 saturated carbocycles. The normalized spacial score (nSPS) is 9.42. The highest BCUT2D eigenvalue weighted by Gasteiger charge is 2.08. The van der Waals surface area contributed by atoms with Crippen LogP contribution in [0.5, 0.6) is 0 Å². The Balaban J connectivity index is 3.20. The van der Waals surface area contributed by atoms with Crippen LogP contribution in [0.15, 0.2) is 0 Å². The number of aliphatic carboxylic acids is 1. The topological polar surface area (TPSA) is 78.4 Å². The molecule has 0 heterocycles. The van der Waals surface area contributed by atoms with Crippen molar-refractivity contribution in [2.45, 2.75) is 13.3 Å². The van der Waals surface area contributed by atoms with Crippen LogP contribution in [0.3, 0.4) is 0 Å². The summed E-state index contributed by atoms with van der Waals surface area (Å²) in [4.78, 5) is 20.4. The van der Waals surface area contributed by atoms with Crippen LogP contribution in [0.1, 0.15) is 13.3 Å². The van der Waals surface area contributed by atoms with Crippen molar-refractivity contribution in [2.24, 2.45) is 0 Å². The molecule has 0 bridgehead atoms. The van der Waals surface area contributed by atoms with Gasteiger partial charge in [-0.3, -0.25) is 4.79 Å². The van der Waals surface area contributed by atoms with Crippen LogP contribution in [0.4, 0.5) is 0 Å². The average molecular weight is 174 g/mol. The van der Waals surface area contributed by atoms with E-state index in [1.54, 1.807) is 0 Å². The van der Waals surface area contributed by atoms with Gasteiger partial charge in [-0.15, -0.1) is 0 Å². The van der Waals surface area contributed by atoms with Crippen LogP contribution in [-0.2, 0) is 9.59 Å². The Labute approximate surface area is 71.1 Å². The minimum Gasteiger partial charge on any atom is -0.474 e. The molecular weight excluding hydrogens is 160 g/mol. The maximum Gasteiger partial charge on any atom is 0.394 e. The first-order chi connectivity index (χ1) is 5.68. The predicted octanol–water partition coefficient (Wildman–Crippen LogP) is -0.813. The highest BCUT2D eigenvalue weighted by atomic mass is 16.4. The first-order valence-electron chi connectivity index (χ1n) is 3.90. The molecule has 0 saturated heterocycles. The zero-order chi connectivity index (χ0) is 9.40. The van der Waals surface area contributed by atoms with Crippen LogP contribution in [-0.4, -0.2) is 36.6 Å². The van der Waals surface area contributed by atoms with Crippen molar-refractivity contribution in [2.75, 3.05) is 19.6 Å². The summed E-state index contributed by atoms with van der Waals surface area (Å²) in [6, 6.07) is 0. The lowest BCUT2D eigenvalue weighted by Crippen LogP contribution is -2.32. The minimum atomic E-state index is -1.43. The fourth-order valence-corrected chi connectivity index (χ4v) is 0.668. The number of carboxylic acid groups (broad SMARTS) is 1. The second-order valence-corrected chi connectivity index (χ2v) is 2.27. The Kier molecular flexibility index (Phi) is 6.00. The van der Waals surface area contributed by atoms with E-state index < -0.39 is 11.9 Å². The maximum absolute atomic E-state index is 10.4. The number of carbonyl (C=O) groups is 2. The zero-order valence-corrected chi connectivity index (χ0v) is 7.09. The molecular formula is C7H14N2O3. The molecule has 0 spiro atoms. The standard InChI is InChI=1S/C7H14N2O3/c1-2-8-4-3-5-9-6(10)7(11)12/h8H,2-5H2,1H3,(H,9,10)(H,11,12). The van der Waals surface area contributed by atoms with Crippen LogP contribution < -0.4 is 10.6 Å². The van der Waals surface area contributed by atoms with Gasteiger partial charge in [0.25, 0.3) is 0 Å². The first-order valence-corrected chi connectivity index (χ1v) is 3.90. The summed E-state index contributed by atoms with van der Waals surface area (Å²) < 4.78 is 0. The van der Waals surface area contributed by atoms with E-state index in [1.165, 1.54) is 0 Å². The smallest absolute Gasteiger partial charge is 0.394 e. The summed E-state index contributed by atoms with van der Waals surface area (Å²) in [5.41, 5.74) is 0. The molecule has 0 aromatic heterocycles. The second kappa shape index (κ2) is 6.60. The van der Waals surface area contributed by atoms with Gasteiger partial charge < -0.3 is 15.7 Å². The van der Waals surface area contributed by atoms with Crippen molar-refractivity contribution < 1.29 is 14.7 Å². The number of carbonyl (C=O) groups excluding carboxylic acids is 1. The van der Waals surface area contributed by atoms with Crippen molar-refractivity contribution in [1.29, 1.82) is 0 Å². The van der Waals surface area contributed by atoms with Gasteiger partial charge in [0, 0.05) is 6.54 Å². The van der Waals surface area contributed by atoms with E-state index in [4.69, 9.17) is 5.11 Å². The van der Waals surface area contributed by atoms with Crippen molar-refractivity contribution in [3.05, 3.63) is 0 Å². The van der Waals surface area contributed by atoms with Crippen LogP contribution in [0, 0.1) is 0 Å². The lowest BCUT2D eigenvalue weighted by Gasteiger charge is -2.01. The second-order valence-electron chi connectivity index (χ2n) is 2.27. The lowest BCUT2D eigenvalue weighted by molar-refractivity contribution is -0.150. The Morgan fingerprint density at radius 1 is 1.33 bits per heavy atom.